The summed E-state index contributed by atoms with van der Waals surface area (Å²) in [5.41, 5.74) is 2.61. The summed E-state index contributed by atoms with van der Waals surface area (Å²) in [4.78, 5) is 0. The van der Waals surface area contributed by atoms with Crippen LogP contribution in [-0.2, 0) is 9.47 Å². The number of hydrogen-bond acceptors (Lipinski definition) is 4. The summed E-state index contributed by atoms with van der Waals surface area (Å²) in [5.74, 6) is 0.837. The van der Waals surface area contributed by atoms with Gasteiger partial charge in [0.25, 0.3) is 0 Å². The SMILES string of the molecule is COCCOCCOc1c(C)cc(C#N)cc1C. The summed E-state index contributed by atoms with van der Waals surface area (Å²) >= 11 is 0. The van der Waals surface area contributed by atoms with Gasteiger partial charge in [-0.2, -0.15) is 5.26 Å². The number of nitrogens with zero attached hydrogens (tertiary/aromatic N) is 1. The van der Waals surface area contributed by atoms with Gasteiger partial charge in [0.05, 0.1) is 31.5 Å². The molecule has 0 aromatic heterocycles. The van der Waals surface area contributed by atoms with Crippen molar-refractivity contribution in [3.05, 3.63) is 28.8 Å². The van der Waals surface area contributed by atoms with Gasteiger partial charge in [-0.1, -0.05) is 0 Å². The second kappa shape index (κ2) is 7.70. The van der Waals surface area contributed by atoms with E-state index in [9.17, 15) is 0 Å². The maximum atomic E-state index is 8.85. The molecule has 0 heterocycles. The Morgan fingerprint density at radius 3 is 2.22 bits per heavy atom. The molecular formula is C14H19NO3. The number of hydrogen-bond donors (Lipinski definition) is 0. The molecule has 1 aromatic rings. The number of aryl methyl sites for hydroxylation is 2. The van der Waals surface area contributed by atoms with Gasteiger partial charge in [-0.3, -0.25) is 0 Å². The highest BCUT2D eigenvalue weighted by atomic mass is 16.5. The molecule has 4 heteroatoms. The van der Waals surface area contributed by atoms with Crippen molar-refractivity contribution in [3.8, 4) is 11.8 Å². The van der Waals surface area contributed by atoms with Crippen LogP contribution in [0.25, 0.3) is 0 Å². The first-order valence-corrected chi connectivity index (χ1v) is 5.90. The fraction of sp³-hybridized carbons (Fsp3) is 0.500. The van der Waals surface area contributed by atoms with Gasteiger partial charge < -0.3 is 14.2 Å². The Morgan fingerprint density at radius 1 is 1.06 bits per heavy atom. The minimum atomic E-state index is 0.497. The Hall–Kier alpha value is -1.57. The minimum absolute atomic E-state index is 0.497. The maximum Gasteiger partial charge on any atom is 0.125 e. The molecule has 0 N–H and O–H groups in total. The Bertz CT molecular complexity index is 401. The molecule has 0 atom stereocenters. The summed E-state index contributed by atoms with van der Waals surface area (Å²) in [6.45, 7) is 6.07. The zero-order chi connectivity index (χ0) is 13.4. The van der Waals surface area contributed by atoms with Crippen molar-refractivity contribution < 1.29 is 14.2 Å². The molecule has 0 unspecified atom stereocenters. The normalized spacial score (nSPS) is 10.1. The van der Waals surface area contributed by atoms with E-state index in [4.69, 9.17) is 19.5 Å². The van der Waals surface area contributed by atoms with Crippen LogP contribution in [-0.4, -0.2) is 33.5 Å². The van der Waals surface area contributed by atoms with Gasteiger partial charge >= 0.3 is 0 Å². The molecular weight excluding hydrogens is 230 g/mol. The van der Waals surface area contributed by atoms with Crippen LogP contribution in [0.15, 0.2) is 12.1 Å². The average Bonchev–Trinajstić information content (AvgIpc) is 2.35. The van der Waals surface area contributed by atoms with Gasteiger partial charge in [0.15, 0.2) is 0 Å². The predicted molar refractivity (Wildman–Crippen MR) is 68.8 cm³/mol. The molecule has 0 bridgehead atoms. The monoisotopic (exact) mass is 249 g/mol. The number of nitriles is 1. The first kappa shape index (κ1) is 14.5. The summed E-state index contributed by atoms with van der Waals surface area (Å²) < 4.78 is 15.9. The molecule has 0 amide bonds. The third-order valence-electron chi connectivity index (χ3n) is 2.50. The number of methoxy groups -OCH3 is 1. The molecule has 1 aromatic carbocycles. The Labute approximate surface area is 108 Å². The van der Waals surface area contributed by atoms with Crippen LogP contribution in [0, 0.1) is 25.2 Å². The van der Waals surface area contributed by atoms with Crippen molar-refractivity contribution in [1.29, 1.82) is 5.26 Å². The van der Waals surface area contributed by atoms with E-state index in [1.807, 2.05) is 26.0 Å². The first-order valence-electron chi connectivity index (χ1n) is 5.90. The first-order chi connectivity index (χ1) is 8.69. The molecule has 0 saturated heterocycles. The topological polar surface area (TPSA) is 51.5 Å². The summed E-state index contributed by atoms with van der Waals surface area (Å²) in [6, 6.07) is 5.79. The molecule has 0 radical (unpaired) electrons. The highest BCUT2D eigenvalue weighted by Gasteiger charge is 2.06. The third-order valence-corrected chi connectivity index (χ3v) is 2.50. The van der Waals surface area contributed by atoms with E-state index in [2.05, 4.69) is 6.07 Å². The Kier molecular flexibility index (Phi) is 6.20. The van der Waals surface area contributed by atoms with Gasteiger partial charge in [0, 0.05) is 7.11 Å². The lowest BCUT2D eigenvalue weighted by atomic mass is 10.1. The van der Waals surface area contributed by atoms with Crippen molar-refractivity contribution in [1.82, 2.24) is 0 Å². The summed E-state index contributed by atoms with van der Waals surface area (Å²) in [6.07, 6.45) is 0. The standard InChI is InChI=1S/C14H19NO3/c1-11-8-13(10-15)9-12(2)14(11)18-7-6-17-5-4-16-3/h8-9H,4-7H2,1-3H3. The third kappa shape index (κ3) is 4.36. The van der Waals surface area contributed by atoms with Crippen LogP contribution in [0.3, 0.4) is 0 Å². The Balaban J connectivity index is 2.45. The van der Waals surface area contributed by atoms with Crippen molar-refractivity contribution >= 4 is 0 Å². The average molecular weight is 249 g/mol. The lowest BCUT2D eigenvalue weighted by Crippen LogP contribution is -2.11. The zero-order valence-electron chi connectivity index (χ0n) is 11.2. The number of ether oxygens (including phenoxy) is 3. The van der Waals surface area contributed by atoms with E-state index >= 15 is 0 Å². The molecule has 0 aliphatic carbocycles. The second-order valence-electron chi connectivity index (χ2n) is 4.00. The van der Waals surface area contributed by atoms with E-state index in [0.29, 0.717) is 32.0 Å². The van der Waals surface area contributed by atoms with Crippen LogP contribution >= 0.6 is 0 Å². The van der Waals surface area contributed by atoms with Crippen LogP contribution < -0.4 is 4.74 Å². The number of benzene rings is 1. The van der Waals surface area contributed by atoms with E-state index < -0.39 is 0 Å². The number of rotatable bonds is 7. The molecule has 0 spiro atoms. The van der Waals surface area contributed by atoms with Gasteiger partial charge in [-0.05, 0) is 37.1 Å². The fourth-order valence-corrected chi connectivity index (χ4v) is 1.69. The van der Waals surface area contributed by atoms with E-state index in [0.717, 1.165) is 16.9 Å². The van der Waals surface area contributed by atoms with Gasteiger partial charge in [0.2, 0.25) is 0 Å². The smallest absolute Gasteiger partial charge is 0.125 e. The lowest BCUT2D eigenvalue weighted by molar-refractivity contribution is 0.0542. The predicted octanol–water partition coefficient (Wildman–Crippen LogP) is 2.22. The van der Waals surface area contributed by atoms with E-state index in [-0.39, 0.29) is 0 Å². The van der Waals surface area contributed by atoms with E-state index in [1.54, 1.807) is 7.11 Å². The van der Waals surface area contributed by atoms with Crippen molar-refractivity contribution in [3.63, 3.8) is 0 Å². The fourth-order valence-electron chi connectivity index (χ4n) is 1.69. The van der Waals surface area contributed by atoms with Crippen LogP contribution in [0.1, 0.15) is 16.7 Å². The van der Waals surface area contributed by atoms with Crippen molar-refractivity contribution in [2.24, 2.45) is 0 Å². The highest BCUT2D eigenvalue weighted by molar-refractivity contribution is 5.47. The molecule has 0 aliphatic rings. The van der Waals surface area contributed by atoms with Crippen molar-refractivity contribution in [2.75, 3.05) is 33.5 Å². The second-order valence-corrected chi connectivity index (χ2v) is 4.00. The van der Waals surface area contributed by atoms with Crippen molar-refractivity contribution in [2.45, 2.75) is 13.8 Å². The Morgan fingerprint density at radius 2 is 1.67 bits per heavy atom. The summed E-state index contributed by atoms with van der Waals surface area (Å²) in [7, 11) is 1.64. The maximum absolute atomic E-state index is 8.85. The van der Waals surface area contributed by atoms with Crippen LogP contribution in [0.2, 0.25) is 0 Å². The molecule has 0 aliphatic heterocycles. The molecule has 1 rings (SSSR count). The molecule has 4 nitrogen and oxygen atoms in total. The van der Waals surface area contributed by atoms with Crippen LogP contribution in [0.4, 0.5) is 0 Å². The quantitative estimate of drug-likeness (QED) is 0.695. The van der Waals surface area contributed by atoms with Gasteiger partial charge in [-0.25, -0.2) is 0 Å². The molecule has 0 saturated carbocycles. The highest BCUT2D eigenvalue weighted by Crippen LogP contribution is 2.24. The van der Waals surface area contributed by atoms with Gasteiger partial charge in [-0.15, -0.1) is 0 Å². The molecule has 0 fully saturated rings. The van der Waals surface area contributed by atoms with Gasteiger partial charge in [0.1, 0.15) is 12.4 Å². The van der Waals surface area contributed by atoms with E-state index in [1.165, 1.54) is 0 Å². The molecule has 98 valence electrons. The minimum Gasteiger partial charge on any atom is -0.491 e. The summed E-state index contributed by atoms with van der Waals surface area (Å²) in [5, 5.41) is 8.85. The van der Waals surface area contributed by atoms with Crippen LogP contribution in [0.5, 0.6) is 5.75 Å². The largest absolute Gasteiger partial charge is 0.491 e. The zero-order valence-corrected chi connectivity index (χ0v) is 11.2. The molecule has 18 heavy (non-hydrogen) atoms. The lowest BCUT2D eigenvalue weighted by Gasteiger charge is -2.12.